The Kier molecular flexibility index (Phi) is 5.38. The highest BCUT2D eigenvalue weighted by Crippen LogP contribution is 2.15. The minimum absolute atomic E-state index is 0.197. The van der Waals surface area contributed by atoms with Crippen LogP contribution in [0, 0.1) is 12.8 Å². The molecule has 0 radical (unpaired) electrons. The molecule has 2 aromatic heterocycles. The normalized spacial score (nSPS) is 12.6. The zero-order valence-corrected chi connectivity index (χ0v) is 13.5. The lowest BCUT2D eigenvalue weighted by Crippen LogP contribution is -2.32. The summed E-state index contributed by atoms with van der Waals surface area (Å²) < 4.78 is 12.6. The third-order valence-electron chi connectivity index (χ3n) is 3.16. The second-order valence-corrected chi connectivity index (χ2v) is 5.77. The average molecular weight is 305 g/mol. The summed E-state index contributed by atoms with van der Waals surface area (Å²) in [6, 6.07) is 5.06. The van der Waals surface area contributed by atoms with Crippen molar-refractivity contribution in [1.29, 1.82) is 0 Å². The number of carbonyl (C=O) groups excluding carboxylic acids is 1. The lowest BCUT2D eigenvalue weighted by atomic mass is 10.2. The number of nitrogens with zero attached hydrogens (tertiary/aromatic N) is 2. The molecule has 1 N–H and O–H groups in total. The highest BCUT2D eigenvalue weighted by molar-refractivity contribution is 5.92. The van der Waals surface area contributed by atoms with Crippen LogP contribution < -0.4 is 5.32 Å². The molecule has 6 nitrogen and oxygen atoms in total. The minimum atomic E-state index is -0.323. The molecule has 0 fully saturated rings. The largest absolute Gasteiger partial charge is 0.467 e. The van der Waals surface area contributed by atoms with Crippen LogP contribution in [0.4, 0.5) is 0 Å². The highest BCUT2D eigenvalue weighted by Gasteiger charge is 2.20. The van der Waals surface area contributed by atoms with Gasteiger partial charge in [-0.2, -0.15) is 5.10 Å². The number of aryl methyl sites for hydroxylation is 2. The van der Waals surface area contributed by atoms with Crippen LogP contribution in [-0.2, 0) is 11.8 Å². The second-order valence-electron chi connectivity index (χ2n) is 5.77. The molecule has 0 spiro atoms. The molecule has 0 aliphatic heterocycles. The van der Waals surface area contributed by atoms with E-state index in [4.69, 9.17) is 9.15 Å². The van der Waals surface area contributed by atoms with Gasteiger partial charge in [0, 0.05) is 13.7 Å². The molecule has 2 heterocycles. The van der Waals surface area contributed by atoms with Crippen LogP contribution in [0.1, 0.15) is 41.8 Å². The predicted octanol–water partition coefficient (Wildman–Crippen LogP) is 2.47. The van der Waals surface area contributed by atoms with Crippen LogP contribution in [0.5, 0.6) is 0 Å². The van der Waals surface area contributed by atoms with E-state index in [1.807, 2.05) is 13.0 Å². The number of aromatic nitrogens is 2. The Labute approximate surface area is 130 Å². The number of nitrogens with one attached hydrogen (secondary N) is 1. The van der Waals surface area contributed by atoms with Crippen LogP contribution in [0.2, 0.25) is 0 Å². The Hall–Kier alpha value is -2.08. The first kappa shape index (κ1) is 16.3. The van der Waals surface area contributed by atoms with E-state index in [0.29, 0.717) is 30.6 Å². The lowest BCUT2D eigenvalue weighted by molar-refractivity contribution is 0.0725. The Morgan fingerprint density at radius 3 is 2.77 bits per heavy atom. The molecule has 2 aromatic rings. The third-order valence-corrected chi connectivity index (χ3v) is 3.16. The molecule has 0 aromatic carbocycles. The van der Waals surface area contributed by atoms with E-state index in [1.165, 1.54) is 0 Å². The maximum absolute atomic E-state index is 12.4. The van der Waals surface area contributed by atoms with Crippen LogP contribution in [0.15, 0.2) is 28.9 Å². The van der Waals surface area contributed by atoms with Gasteiger partial charge in [0.1, 0.15) is 17.5 Å². The Morgan fingerprint density at radius 1 is 1.45 bits per heavy atom. The van der Waals surface area contributed by atoms with Crippen molar-refractivity contribution in [2.24, 2.45) is 13.0 Å². The van der Waals surface area contributed by atoms with E-state index in [-0.39, 0.29) is 11.9 Å². The van der Waals surface area contributed by atoms with E-state index in [2.05, 4.69) is 24.3 Å². The molecular weight excluding hydrogens is 282 g/mol. The van der Waals surface area contributed by atoms with Crippen LogP contribution >= 0.6 is 0 Å². The quantitative estimate of drug-likeness (QED) is 0.853. The number of hydrogen-bond acceptors (Lipinski definition) is 4. The summed E-state index contributed by atoms with van der Waals surface area (Å²) in [5.41, 5.74) is 1.32. The van der Waals surface area contributed by atoms with Crippen molar-refractivity contribution in [3.05, 3.63) is 41.6 Å². The fraction of sp³-hybridized carbons (Fsp3) is 0.500. The first-order chi connectivity index (χ1) is 10.5. The van der Waals surface area contributed by atoms with Gasteiger partial charge in [-0.15, -0.1) is 0 Å². The Balaban J connectivity index is 2.05. The van der Waals surface area contributed by atoms with Gasteiger partial charge < -0.3 is 14.5 Å². The zero-order chi connectivity index (χ0) is 16.1. The Morgan fingerprint density at radius 2 is 2.23 bits per heavy atom. The standard InChI is InChI=1S/C16H23N3O3/c1-11(2)9-21-10-13(15-6-5-7-22-15)17-16(20)14-8-12(3)18-19(14)4/h5-8,11,13H,9-10H2,1-4H3,(H,17,20)/t13-/m1/s1. The first-order valence-corrected chi connectivity index (χ1v) is 7.40. The number of rotatable bonds is 7. The molecular formula is C16H23N3O3. The van der Waals surface area contributed by atoms with Gasteiger partial charge in [-0.3, -0.25) is 9.48 Å². The fourth-order valence-corrected chi connectivity index (χ4v) is 2.16. The molecule has 1 amide bonds. The zero-order valence-electron chi connectivity index (χ0n) is 13.5. The van der Waals surface area contributed by atoms with Crippen molar-refractivity contribution in [3.8, 4) is 0 Å². The van der Waals surface area contributed by atoms with E-state index in [1.54, 1.807) is 30.1 Å². The van der Waals surface area contributed by atoms with Crippen molar-refractivity contribution in [3.63, 3.8) is 0 Å². The summed E-state index contributed by atoms with van der Waals surface area (Å²) in [7, 11) is 1.75. The van der Waals surface area contributed by atoms with E-state index in [9.17, 15) is 4.79 Å². The van der Waals surface area contributed by atoms with Gasteiger partial charge in [-0.25, -0.2) is 0 Å². The van der Waals surface area contributed by atoms with Crippen molar-refractivity contribution in [2.45, 2.75) is 26.8 Å². The lowest BCUT2D eigenvalue weighted by Gasteiger charge is -2.17. The van der Waals surface area contributed by atoms with Crippen LogP contribution in [0.3, 0.4) is 0 Å². The second kappa shape index (κ2) is 7.26. The van der Waals surface area contributed by atoms with Gasteiger partial charge in [0.25, 0.3) is 5.91 Å². The smallest absolute Gasteiger partial charge is 0.270 e. The first-order valence-electron chi connectivity index (χ1n) is 7.40. The van der Waals surface area contributed by atoms with Gasteiger partial charge in [-0.05, 0) is 31.0 Å². The third kappa shape index (κ3) is 4.21. The van der Waals surface area contributed by atoms with Crippen molar-refractivity contribution < 1.29 is 13.9 Å². The Bertz CT molecular complexity index is 602. The van der Waals surface area contributed by atoms with E-state index >= 15 is 0 Å². The predicted molar refractivity (Wildman–Crippen MR) is 82.5 cm³/mol. The van der Waals surface area contributed by atoms with E-state index in [0.717, 1.165) is 5.69 Å². The number of carbonyl (C=O) groups is 1. The summed E-state index contributed by atoms with van der Waals surface area (Å²) >= 11 is 0. The maximum Gasteiger partial charge on any atom is 0.270 e. The van der Waals surface area contributed by atoms with Crippen LogP contribution in [-0.4, -0.2) is 28.9 Å². The maximum atomic E-state index is 12.4. The summed E-state index contributed by atoms with van der Waals surface area (Å²) in [6.07, 6.45) is 1.59. The van der Waals surface area contributed by atoms with Gasteiger partial charge in [0.05, 0.1) is 18.6 Å². The molecule has 0 saturated heterocycles. The molecule has 6 heteroatoms. The summed E-state index contributed by atoms with van der Waals surface area (Å²) in [5, 5.41) is 7.13. The van der Waals surface area contributed by atoms with Crippen molar-refractivity contribution >= 4 is 5.91 Å². The van der Waals surface area contributed by atoms with Crippen molar-refractivity contribution in [1.82, 2.24) is 15.1 Å². The number of furan rings is 1. The number of hydrogen-bond donors (Lipinski definition) is 1. The molecule has 0 aliphatic carbocycles. The summed E-state index contributed by atoms with van der Waals surface area (Å²) in [4.78, 5) is 12.4. The molecule has 1 atom stereocenters. The van der Waals surface area contributed by atoms with Gasteiger partial charge >= 0.3 is 0 Å². The van der Waals surface area contributed by atoms with Crippen LogP contribution in [0.25, 0.3) is 0 Å². The monoisotopic (exact) mass is 305 g/mol. The summed E-state index contributed by atoms with van der Waals surface area (Å²) in [6.45, 7) is 7.02. The van der Waals surface area contributed by atoms with Gasteiger partial charge in [0.2, 0.25) is 0 Å². The topological polar surface area (TPSA) is 69.3 Å². The summed E-state index contributed by atoms with van der Waals surface area (Å²) in [5.74, 6) is 0.918. The van der Waals surface area contributed by atoms with Gasteiger partial charge in [-0.1, -0.05) is 13.8 Å². The fourth-order valence-electron chi connectivity index (χ4n) is 2.16. The molecule has 0 unspecified atom stereocenters. The molecule has 0 bridgehead atoms. The number of ether oxygens (including phenoxy) is 1. The number of amides is 1. The SMILES string of the molecule is Cc1cc(C(=O)N[C@H](COCC(C)C)c2ccco2)n(C)n1. The van der Waals surface area contributed by atoms with E-state index < -0.39 is 0 Å². The highest BCUT2D eigenvalue weighted by atomic mass is 16.5. The molecule has 0 saturated carbocycles. The van der Waals surface area contributed by atoms with Gasteiger partial charge in [0.15, 0.2) is 0 Å². The average Bonchev–Trinajstić information content (AvgIpc) is 3.06. The molecule has 0 aliphatic rings. The molecule has 120 valence electrons. The molecule has 22 heavy (non-hydrogen) atoms. The van der Waals surface area contributed by atoms with Crippen molar-refractivity contribution in [2.75, 3.05) is 13.2 Å². The minimum Gasteiger partial charge on any atom is -0.467 e. The molecule has 2 rings (SSSR count).